The number of alkyl halides is 3. The average Bonchev–Trinajstić information content (AvgIpc) is 2.80. The van der Waals surface area contributed by atoms with Crippen LogP contribution in [0.3, 0.4) is 0 Å². The number of piperidine rings is 1. The highest BCUT2D eigenvalue weighted by Gasteiger charge is 2.31. The quantitative estimate of drug-likeness (QED) is 0.412. The van der Waals surface area contributed by atoms with Crippen molar-refractivity contribution >= 4 is 23.2 Å². The van der Waals surface area contributed by atoms with E-state index < -0.39 is 11.7 Å². The number of ether oxygens (including phenoxy) is 2. The van der Waals surface area contributed by atoms with E-state index in [1.807, 2.05) is 0 Å². The molecule has 9 heteroatoms. The molecule has 1 aliphatic rings. The highest BCUT2D eigenvalue weighted by molar-refractivity contribution is 6.31. The predicted octanol–water partition coefficient (Wildman–Crippen LogP) is 6.58. The van der Waals surface area contributed by atoms with E-state index in [4.69, 9.17) is 21.1 Å². The molecule has 1 heterocycles. The summed E-state index contributed by atoms with van der Waals surface area (Å²) in [4.78, 5) is 14.9. The van der Waals surface area contributed by atoms with Crippen LogP contribution in [0.4, 0.5) is 18.9 Å². The fourth-order valence-corrected chi connectivity index (χ4v) is 4.71. The summed E-state index contributed by atoms with van der Waals surface area (Å²) in [7, 11) is 1.54. The molecule has 1 fully saturated rings. The normalized spacial score (nSPS) is 18.8. The molecular weight excluding hydrogens is 481 g/mol. The lowest BCUT2D eigenvalue weighted by Gasteiger charge is -2.38. The van der Waals surface area contributed by atoms with Crippen LogP contribution in [0.2, 0.25) is 5.02 Å². The van der Waals surface area contributed by atoms with Gasteiger partial charge in [0.1, 0.15) is 6.61 Å². The van der Waals surface area contributed by atoms with Gasteiger partial charge >= 0.3 is 6.18 Å². The first kappa shape index (κ1) is 27.1. The Morgan fingerprint density at radius 1 is 1.11 bits per heavy atom. The number of aryl methyl sites for hydroxylation is 1. The number of nitrogens with zero attached hydrogens (tertiary/aromatic N) is 1. The Bertz CT molecular complexity index is 1010. The summed E-state index contributed by atoms with van der Waals surface area (Å²) >= 11 is 5.98. The van der Waals surface area contributed by atoms with Gasteiger partial charge in [0, 0.05) is 41.8 Å². The van der Waals surface area contributed by atoms with Crippen LogP contribution < -0.4 is 14.8 Å². The van der Waals surface area contributed by atoms with Crippen molar-refractivity contribution in [1.82, 2.24) is 4.90 Å². The van der Waals surface area contributed by atoms with Crippen molar-refractivity contribution < 1.29 is 27.4 Å². The Labute approximate surface area is 209 Å². The Morgan fingerprint density at radius 3 is 2.46 bits per heavy atom. The van der Waals surface area contributed by atoms with Gasteiger partial charge in [-0.05, 0) is 62.9 Å². The van der Waals surface area contributed by atoms with E-state index in [1.54, 1.807) is 18.2 Å². The van der Waals surface area contributed by atoms with E-state index in [0.29, 0.717) is 41.4 Å². The number of rotatable bonds is 9. The number of anilines is 1. The predicted molar refractivity (Wildman–Crippen MR) is 131 cm³/mol. The van der Waals surface area contributed by atoms with E-state index in [-0.39, 0.29) is 23.8 Å². The Kier molecular flexibility index (Phi) is 9.30. The van der Waals surface area contributed by atoms with Crippen LogP contribution >= 0.6 is 11.6 Å². The van der Waals surface area contributed by atoms with Crippen LogP contribution in [0.15, 0.2) is 36.4 Å². The van der Waals surface area contributed by atoms with Crippen LogP contribution in [-0.4, -0.2) is 43.2 Å². The first-order chi connectivity index (χ1) is 16.6. The van der Waals surface area contributed by atoms with Gasteiger partial charge in [0.05, 0.1) is 12.7 Å². The van der Waals surface area contributed by atoms with Crippen molar-refractivity contribution in [3.05, 3.63) is 52.5 Å². The molecule has 1 N–H and O–H groups in total. The maximum absolute atomic E-state index is 12.8. The number of likely N-dealkylation sites (tertiary alicyclic amines) is 1. The van der Waals surface area contributed by atoms with Crippen molar-refractivity contribution in [2.24, 2.45) is 0 Å². The molecule has 0 bridgehead atoms. The summed E-state index contributed by atoms with van der Waals surface area (Å²) in [6.45, 7) is 5.86. The summed E-state index contributed by atoms with van der Waals surface area (Å²) in [5.74, 6) is 0.817. The molecule has 3 rings (SSSR count). The molecule has 2 atom stereocenters. The minimum Gasteiger partial charge on any atom is -0.493 e. The molecule has 192 valence electrons. The molecule has 0 aliphatic carbocycles. The van der Waals surface area contributed by atoms with Crippen molar-refractivity contribution in [2.75, 3.05) is 25.6 Å². The lowest BCUT2D eigenvalue weighted by atomic mass is 9.98. The van der Waals surface area contributed by atoms with Gasteiger partial charge in [0.25, 0.3) is 0 Å². The second kappa shape index (κ2) is 12.0. The Morgan fingerprint density at radius 2 is 1.83 bits per heavy atom. The number of methoxy groups -OCH3 is 1. The second-order valence-corrected chi connectivity index (χ2v) is 9.34. The molecule has 2 unspecified atom stereocenters. The minimum atomic E-state index is -4.46. The molecule has 1 amide bonds. The van der Waals surface area contributed by atoms with Gasteiger partial charge in [0.15, 0.2) is 11.5 Å². The second-order valence-electron chi connectivity index (χ2n) is 8.93. The van der Waals surface area contributed by atoms with Gasteiger partial charge in [-0.2, -0.15) is 13.2 Å². The first-order valence-corrected chi connectivity index (χ1v) is 12.2. The zero-order valence-corrected chi connectivity index (χ0v) is 21.0. The van der Waals surface area contributed by atoms with E-state index >= 15 is 0 Å². The van der Waals surface area contributed by atoms with E-state index in [1.165, 1.54) is 32.4 Å². The number of hydrogen-bond acceptors (Lipinski definition) is 4. The van der Waals surface area contributed by atoms with Crippen molar-refractivity contribution in [1.29, 1.82) is 0 Å². The van der Waals surface area contributed by atoms with Gasteiger partial charge in [0.2, 0.25) is 5.91 Å². The zero-order chi connectivity index (χ0) is 25.6. The van der Waals surface area contributed by atoms with E-state index in [9.17, 15) is 18.0 Å². The third kappa shape index (κ3) is 7.51. The monoisotopic (exact) mass is 512 g/mol. The van der Waals surface area contributed by atoms with Crippen LogP contribution in [0.1, 0.15) is 50.7 Å². The molecular formula is C26H32ClF3N2O3. The van der Waals surface area contributed by atoms with Crippen LogP contribution in [0, 0.1) is 0 Å². The maximum atomic E-state index is 12.8. The summed E-state index contributed by atoms with van der Waals surface area (Å²) < 4.78 is 49.8. The molecule has 2 aromatic rings. The van der Waals surface area contributed by atoms with Gasteiger partial charge in [-0.25, -0.2) is 0 Å². The van der Waals surface area contributed by atoms with Crippen molar-refractivity contribution in [3.8, 4) is 11.5 Å². The van der Waals surface area contributed by atoms with Gasteiger partial charge in [-0.15, -0.1) is 0 Å². The number of benzene rings is 2. The number of carbonyl (C=O) groups is 1. The smallest absolute Gasteiger partial charge is 0.416 e. The van der Waals surface area contributed by atoms with Gasteiger partial charge in [-0.3, -0.25) is 9.69 Å². The van der Waals surface area contributed by atoms with Crippen LogP contribution in [0.5, 0.6) is 11.5 Å². The maximum Gasteiger partial charge on any atom is 0.416 e. The molecule has 0 radical (unpaired) electrons. The first-order valence-electron chi connectivity index (χ1n) is 11.8. The molecule has 5 nitrogen and oxygen atoms in total. The lowest BCUT2D eigenvalue weighted by molar-refractivity contribution is -0.137. The zero-order valence-electron chi connectivity index (χ0n) is 20.3. The Hall–Kier alpha value is -2.45. The summed E-state index contributed by atoms with van der Waals surface area (Å²) in [6.07, 6.45) is -0.510. The number of carbonyl (C=O) groups excluding carboxylic acids is 1. The lowest BCUT2D eigenvalue weighted by Crippen LogP contribution is -2.45. The van der Waals surface area contributed by atoms with Crippen molar-refractivity contribution in [3.63, 3.8) is 0 Å². The van der Waals surface area contributed by atoms with E-state index in [2.05, 4.69) is 24.1 Å². The highest BCUT2D eigenvalue weighted by Crippen LogP contribution is 2.33. The largest absolute Gasteiger partial charge is 0.493 e. The fourth-order valence-electron chi connectivity index (χ4n) is 4.44. The van der Waals surface area contributed by atoms with Gasteiger partial charge in [-0.1, -0.05) is 24.1 Å². The summed E-state index contributed by atoms with van der Waals surface area (Å²) in [6, 6.07) is 9.40. The number of amides is 1. The summed E-state index contributed by atoms with van der Waals surface area (Å²) in [5.41, 5.74) is 0.203. The third-order valence-corrected chi connectivity index (χ3v) is 6.78. The molecule has 0 aromatic heterocycles. The molecule has 0 saturated carbocycles. The summed E-state index contributed by atoms with van der Waals surface area (Å²) in [5, 5.41) is 2.77. The molecule has 1 aliphatic heterocycles. The topological polar surface area (TPSA) is 50.8 Å². The third-order valence-electron chi connectivity index (χ3n) is 6.43. The standard InChI is InChI=1S/C26H32ClF3N2O3/c1-17-5-4-6-18(2)32(17)13-14-35-23-11-10-21(16-24(23)34-3)31-25(33)12-8-19-7-9-20(15-22(19)27)26(28,29)30/h7,9-11,15-18H,4-6,8,12-14H2,1-3H3,(H,31,33). The number of nitrogens with one attached hydrogen (secondary N) is 1. The average molecular weight is 513 g/mol. The highest BCUT2D eigenvalue weighted by atomic mass is 35.5. The van der Waals surface area contributed by atoms with Crippen LogP contribution in [0.25, 0.3) is 0 Å². The molecule has 0 spiro atoms. The van der Waals surface area contributed by atoms with Crippen molar-refractivity contribution in [2.45, 2.75) is 64.2 Å². The number of halogens is 4. The molecule has 1 saturated heterocycles. The minimum absolute atomic E-state index is 0.0101. The SMILES string of the molecule is COc1cc(NC(=O)CCc2ccc(C(F)(F)F)cc2Cl)ccc1OCCN1C(C)CCCC1C. The van der Waals surface area contributed by atoms with Gasteiger partial charge < -0.3 is 14.8 Å². The van der Waals surface area contributed by atoms with E-state index in [0.717, 1.165) is 18.7 Å². The number of hydrogen-bond donors (Lipinski definition) is 1. The molecule has 2 aromatic carbocycles. The van der Waals surface area contributed by atoms with Crippen LogP contribution in [-0.2, 0) is 17.4 Å². The molecule has 35 heavy (non-hydrogen) atoms. The Balaban J connectivity index is 1.52. The fraction of sp³-hybridized carbons (Fsp3) is 0.500.